The lowest BCUT2D eigenvalue weighted by molar-refractivity contribution is -0.135. The summed E-state index contributed by atoms with van der Waals surface area (Å²) in [6.07, 6.45) is -4.48. The van der Waals surface area contributed by atoms with Crippen LogP contribution in [-0.2, 0) is 11.3 Å². The summed E-state index contributed by atoms with van der Waals surface area (Å²) in [5.41, 5.74) is 1.17. The number of nitrogens with one attached hydrogen (secondary N) is 1. The predicted molar refractivity (Wildman–Crippen MR) is 87.4 cm³/mol. The van der Waals surface area contributed by atoms with Gasteiger partial charge in [-0.25, -0.2) is 0 Å². The van der Waals surface area contributed by atoms with Crippen LogP contribution in [0.4, 0.5) is 18.9 Å². The van der Waals surface area contributed by atoms with Crippen molar-refractivity contribution in [1.82, 2.24) is 5.32 Å². The summed E-state index contributed by atoms with van der Waals surface area (Å²) >= 11 is 0. The largest absolute Gasteiger partial charge is 0.497 e. The van der Waals surface area contributed by atoms with Crippen molar-refractivity contribution in [3.05, 3.63) is 60.2 Å². The number of amides is 1. The molecule has 1 amide bonds. The zero-order valence-electron chi connectivity index (χ0n) is 13.5. The highest BCUT2D eigenvalue weighted by molar-refractivity contribution is 5.92. The minimum absolute atomic E-state index is 0.192. The summed E-state index contributed by atoms with van der Waals surface area (Å²) in [5, 5.41) is 2.58. The zero-order valence-corrected chi connectivity index (χ0v) is 13.5. The third kappa shape index (κ3) is 3.70. The van der Waals surface area contributed by atoms with Crippen LogP contribution in [0, 0.1) is 0 Å². The van der Waals surface area contributed by atoms with E-state index in [1.807, 2.05) is 6.07 Å². The molecule has 1 fully saturated rings. The number of halogens is 3. The summed E-state index contributed by atoms with van der Waals surface area (Å²) < 4.78 is 44.8. The minimum atomic E-state index is -4.48. The van der Waals surface area contributed by atoms with Crippen LogP contribution in [0.2, 0.25) is 0 Å². The predicted octanol–water partition coefficient (Wildman–Crippen LogP) is 3.13. The summed E-state index contributed by atoms with van der Waals surface area (Å²) in [6, 6.07) is 12.2. The van der Waals surface area contributed by atoms with Gasteiger partial charge in [-0.2, -0.15) is 13.2 Å². The van der Waals surface area contributed by atoms with Gasteiger partial charge in [0.1, 0.15) is 11.8 Å². The number of carbonyl (C=O) groups is 1. The lowest BCUT2D eigenvalue weighted by atomic mass is 10.2. The van der Waals surface area contributed by atoms with Crippen molar-refractivity contribution in [3.63, 3.8) is 0 Å². The fraction of sp³-hybridized carbons (Fsp3) is 0.278. The summed E-state index contributed by atoms with van der Waals surface area (Å²) in [4.78, 5) is 13.3. The number of methoxy groups -OCH3 is 1. The molecule has 0 aliphatic carbocycles. The molecule has 1 N–H and O–H groups in total. The topological polar surface area (TPSA) is 41.3 Å². The van der Waals surface area contributed by atoms with Crippen molar-refractivity contribution in [2.45, 2.75) is 24.8 Å². The van der Waals surface area contributed by atoms with Crippen molar-refractivity contribution in [2.75, 3.05) is 12.0 Å². The Morgan fingerprint density at radius 2 is 1.76 bits per heavy atom. The first-order valence-electron chi connectivity index (χ1n) is 7.72. The van der Waals surface area contributed by atoms with Gasteiger partial charge < -0.3 is 15.0 Å². The number of ether oxygens (including phenoxy) is 1. The van der Waals surface area contributed by atoms with Gasteiger partial charge in [0.15, 0.2) is 6.04 Å². The molecular weight excluding hydrogens is 333 g/mol. The Balaban J connectivity index is 1.72. The standard InChI is InChI=1S/C18H17F3N2O2/c1-25-14-9-7-13(8-10-14)23-15(16(23)18(19,20)21)17(24)22-11-12-5-3-2-4-6-12/h2-10,15-16H,11H2,1H3,(H,22,24)/t15-,16+,23?/m0/s1. The van der Waals surface area contributed by atoms with E-state index in [2.05, 4.69) is 5.32 Å². The molecule has 132 valence electrons. The molecule has 4 nitrogen and oxygen atoms in total. The van der Waals surface area contributed by atoms with E-state index < -0.39 is 24.2 Å². The second kappa shape index (κ2) is 6.66. The van der Waals surface area contributed by atoms with Gasteiger partial charge in [-0.3, -0.25) is 4.79 Å². The lowest BCUT2D eigenvalue weighted by Gasteiger charge is -2.09. The molecule has 7 heteroatoms. The van der Waals surface area contributed by atoms with Crippen molar-refractivity contribution in [3.8, 4) is 5.75 Å². The van der Waals surface area contributed by atoms with Crippen LogP contribution >= 0.6 is 0 Å². The van der Waals surface area contributed by atoms with Gasteiger partial charge in [0.05, 0.1) is 7.11 Å². The van der Waals surface area contributed by atoms with E-state index in [0.29, 0.717) is 11.4 Å². The molecule has 0 saturated carbocycles. The number of hydrogen-bond acceptors (Lipinski definition) is 3. The molecule has 3 rings (SSSR count). The lowest BCUT2D eigenvalue weighted by Crippen LogP contribution is -2.32. The maximum atomic E-state index is 13.2. The highest BCUT2D eigenvalue weighted by Crippen LogP contribution is 2.45. The zero-order chi connectivity index (χ0) is 18.0. The number of anilines is 1. The molecule has 1 heterocycles. The summed E-state index contributed by atoms with van der Waals surface area (Å²) in [7, 11) is 1.48. The van der Waals surface area contributed by atoms with Crippen molar-refractivity contribution >= 4 is 11.6 Å². The number of benzene rings is 2. The number of hydrogen-bond donors (Lipinski definition) is 1. The molecule has 1 aliphatic rings. The Morgan fingerprint density at radius 3 is 2.32 bits per heavy atom. The summed E-state index contributed by atoms with van der Waals surface area (Å²) in [6.45, 7) is 0.192. The van der Waals surface area contributed by atoms with Crippen LogP contribution < -0.4 is 15.0 Å². The number of alkyl halides is 3. The van der Waals surface area contributed by atoms with Crippen molar-refractivity contribution in [1.29, 1.82) is 0 Å². The number of nitrogens with zero attached hydrogens (tertiary/aromatic N) is 1. The quantitative estimate of drug-likeness (QED) is 0.843. The first kappa shape index (κ1) is 17.1. The first-order valence-corrected chi connectivity index (χ1v) is 7.72. The normalized spacial score (nSPS) is 19.4. The molecule has 2 atom stereocenters. The second-order valence-corrected chi connectivity index (χ2v) is 5.74. The van der Waals surface area contributed by atoms with E-state index in [4.69, 9.17) is 4.74 Å². The molecule has 2 aromatic rings. The highest BCUT2D eigenvalue weighted by atomic mass is 19.4. The second-order valence-electron chi connectivity index (χ2n) is 5.74. The monoisotopic (exact) mass is 350 g/mol. The molecule has 2 aromatic carbocycles. The van der Waals surface area contributed by atoms with E-state index >= 15 is 0 Å². The van der Waals surface area contributed by atoms with E-state index in [1.165, 1.54) is 19.2 Å². The van der Waals surface area contributed by atoms with Gasteiger partial charge in [-0.1, -0.05) is 30.3 Å². The fourth-order valence-electron chi connectivity index (χ4n) is 2.80. The van der Waals surface area contributed by atoms with Gasteiger partial charge in [-0.15, -0.1) is 0 Å². The highest BCUT2D eigenvalue weighted by Gasteiger charge is 2.66. The molecule has 1 aliphatic heterocycles. The summed E-state index contributed by atoms with van der Waals surface area (Å²) in [5.74, 6) is -0.0961. The van der Waals surface area contributed by atoms with E-state index in [1.54, 1.807) is 36.4 Å². The maximum Gasteiger partial charge on any atom is 0.411 e. The minimum Gasteiger partial charge on any atom is -0.497 e. The van der Waals surface area contributed by atoms with E-state index in [0.717, 1.165) is 10.5 Å². The molecule has 0 spiro atoms. The van der Waals surface area contributed by atoms with E-state index in [9.17, 15) is 18.0 Å². The molecule has 1 saturated heterocycles. The molecule has 0 unspecified atom stereocenters. The van der Waals surface area contributed by atoms with Crippen LogP contribution in [0.3, 0.4) is 0 Å². The molecule has 25 heavy (non-hydrogen) atoms. The van der Waals surface area contributed by atoms with Gasteiger partial charge in [0.2, 0.25) is 5.91 Å². The number of carbonyl (C=O) groups excluding carboxylic acids is 1. The third-order valence-electron chi connectivity index (χ3n) is 4.09. The molecule has 0 radical (unpaired) electrons. The fourth-order valence-corrected chi connectivity index (χ4v) is 2.80. The first-order chi connectivity index (χ1) is 11.9. The van der Waals surface area contributed by atoms with Crippen LogP contribution in [0.25, 0.3) is 0 Å². The molecule has 0 bridgehead atoms. The van der Waals surface area contributed by atoms with Crippen molar-refractivity contribution in [2.24, 2.45) is 0 Å². The van der Waals surface area contributed by atoms with Gasteiger partial charge in [-0.05, 0) is 29.8 Å². The number of rotatable bonds is 5. The smallest absolute Gasteiger partial charge is 0.411 e. The Kier molecular flexibility index (Phi) is 4.57. The maximum absolute atomic E-state index is 13.2. The Hall–Kier alpha value is -2.70. The van der Waals surface area contributed by atoms with Crippen LogP contribution in [0.15, 0.2) is 54.6 Å². The van der Waals surface area contributed by atoms with Gasteiger partial charge in [0.25, 0.3) is 0 Å². The Labute approximate surface area is 143 Å². The van der Waals surface area contributed by atoms with Crippen LogP contribution in [-0.4, -0.2) is 31.3 Å². The SMILES string of the molecule is COc1ccc(N2[C@H](C(=O)NCc3ccccc3)[C@@H]2C(F)(F)F)cc1. The van der Waals surface area contributed by atoms with Crippen molar-refractivity contribution < 1.29 is 22.7 Å². The Morgan fingerprint density at radius 1 is 1.12 bits per heavy atom. The molecular formula is C18H17F3N2O2. The van der Waals surface area contributed by atoms with Crippen LogP contribution in [0.1, 0.15) is 5.56 Å². The average molecular weight is 350 g/mol. The van der Waals surface area contributed by atoms with E-state index in [-0.39, 0.29) is 6.54 Å². The average Bonchev–Trinajstić information content (AvgIpc) is 3.37. The van der Waals surface area contributed by atoms with Gasteiger partial charge >= 0.3 is 6.18 Å². The third-order valence-corrected chi connectivity index (χ3v) is 4.09. The Bertz CT molecular complexity index is 732. The van der Waals surface area contributed by atoms with Crippen LogP contribution in [0.5, 0.6) is 5.75 Å². The van der Waals surface area contributed by atoms with Gasteiger partial charge in [0, 0.05) is 12.2 Å². The molecule has 0 aromatic heterocycles.